The van der Waals surface area contributed by atoms with Gasteiger partial charge in [-0.15, -0.1) is 0 Å². The predicted octanol–water partition coefficient (Wildman–Crippen LogP) is 2.30. The van der Waals surface area contributed by atoms with Crippen LogP contribution < -0.4 is 5.73 Å². The van der Waals surface area contributed by atoms with Gasteiger partial charge in [0.15, 0.2) is 0 Å². The Hall–Kier alpha value is -1.40. The van der Waals surface area contributed by atoms with Crippen LogP contribution in [0.2, 0.25) is 0 Å². The summed E-state index contributed by atoms with van der Waals surface area (Å²) in [5.41, 5.74) is 7.54. The fourth-order valence-corrected chi connectivity index (χ4v) is 1.45. The molecule has 0 aliphatic carbocycles. The molecule has 1 atom stereocenters. The molecule has 74 valence electrons. The average Bonchev–Trinajstić information content (AvgIpc) is 2.17. The van der Waals surface area contributed by atoms with Gasteiger partial charge >= 0.3 is 0 Å². The Morgan fingerprint density at radius 1 is 1.57 bits per heavy atom. The Balaban J connectivity index is 3.02. The van der Waals surface area contributed by atoms with Crippen molar-refractivity contribution < 1.29 is 4.39 Å². The minimum Gasteiger partial charge on any atom is -0.323 e. The molecule has 0 aromatic heterocycles. The van der Waals surface area contributed by atoms with Gasteiger partial charge in [-0.3, -0.25) is 0 Å². The molecule has 0 unspecified atom stereocenters. The van der Waals surface area contributed by atoms with Crippen LogP contribution >= 0.6 is 0 Å². The van der Waals surface area contributed by atoms with E-state index in [2.05, 4.69) is 0 Å². The molecule has 0 heterocycles. The lowest BCUT2D eigenvalue weighted by molar-refractivity contribution is 0.621. The summed E-state index contributed by atoms with van der Waals surface area (Å²) in [6.45, 7) is 1.94. The number of halogens is 1. The standard InChI is InChI=1S/C11H13FN2/c1-2-8-7-9(12)3-4-10(8)11(14)5-6-13/h3-4,7,11H,2,5,14H2,1H3/t11-/m1/s1. The molecule has 1 aromatic carbocycles. The van der Waals surface area contributed by atoms with E-state index in [1.807, 2.05) is 13.0 Å². The maximum absolute atomic E-state index is 12.9. The Morgan fingerprint density at radius 2 is 2.29 bits per heavy atom. The number of nitriles is 1. The monoisotopic (exact) mass is 192 g/mol. The number of nitrogens with zero attached hydrogens (tertiary/aromatic N) is 1. The first-order valence-electron chi connectivity index (χ1n) is 4.60. The lowest BCUT2D eigenvalue weighted by Crippen LogP contribution is -2.11. The zero-order chi connectivity index (χ0) is 10.6. The molecule has 0 radical (unpaired) electrons. The topological polar surface area (TPSA) is 49.8 Å². The van der Waals surface area contributed by atoms with Gasteiger partial charge in [-0.05, 0) is 29.7 Å². The number of rotatable bonds is 3. The highest BCUT2D eigenvalue weighted by Gasteiger charge is 2.10. The van der Waals surface area contributed by atoms with E-state index in [-0.39, 0.29) is 18.3 Å². The van der Waals surface area contributed by atoms with E-state index in [1.165, 1.54) is 12.1 Å². The molecular formula is C11H13FN2. The van der Waals surface area contributed by atoms with Gasteiger partial charge in [0, 0.05) is 6.04 Å². The van der Waals surface area contributed by atoms with Crippen molar-refractivity contribution in [3.8, 4) is 6.07 Å². The Kier molecular flexibility index (Phi) is 3.61. The molecule has 1 rings (SSSR count). The van der Waals surface area contributed by atoms with E-state index in [4.69, 9.17) is 11.0 Å². The maximum Gasteiger partial charge on any atom is 0.123 e. The average molecular weight is 192 g/mol. The van der Waals surface area contributed by atoms with Crippen LogP contribution in [-0.2, 0) is 6.42 Å². The SMILES string of the molecule is CCc1cc(F)ccc1[C@H](N)CC#N. The van der Waals surface area contributed by atoms with Gasteiger partial charge in [-0.25, -0.2) is 4.39 Å². The Morgan fingerprint density at radius 3 is 2.86 bits per heavy atom. The number of aryl methyl sites for hydroxylation is 1. The van der Waals surface area contributed by atoms with Gasteiger partial charge in [0.2, 0.25) is 0 Å². The fraction of sp³-hybridized carbons (Fsp3) is 0.364. The lowest BCUT2D eigenvalue weighted by Gasteiger charge is -2.12. The summed E-state index contributed by atoms with van der Waals surface area (Å²) in [6, 6.07) is 6.23. The molecule has 2 nitrogen and oxygen atoms in total. The van der Waals surface area contributed by atoms with Crippen molar-refractivity contribution in [2.24, 2.45) is 5.73 Å². The predicted molar refractivity (Wildman–Crippen MR) is 52.9 cm³/mol. The highest BCUT2D eigenvalue weighted by molar-refractivity contribution is 5.31. The number of nitrogens with two attached hydrogens (primary N) is 1. The second-order valence-corrected chi connectivity index (χ2v) is 3.17. The summed E-state index contributed by atoms with van der Waals surface area (Å²) in [6.07, 6.45) is 0.991. The van der Waals surface area contributed by atoms with Gasteiger partial charge in [-0.2, -0.15) is 5.26 Å². The molecule has 0 bridgehead atoms. The molecule has 0 saturated heterocycles. The van der Waals surface area contributed by atoms with Gasteiger partial charge in [0.1, 0.15) is 5.82 Å². The highest BCUT2D eigenvalue weighted by atomic mass is 19.1. The largest absolute Gasteiger partial charge is 0.323 e. The Labute approximate surface area is 83.2 Å². The molecule has 0 fully saturated rings. The molecule has 0 aliphatic rings. The molecule has 2 N–H and O–H groups in total. The lowest BCUT2D eigenvalue weighted by atomic mass is 9.97. The molecule has 0 aliphatic heterocycles. The van der Waals surface area contributed by atoms with Crippen molar-refractivity contribution in [3.05, 3.63) is 35.1 Å². The fourth-order valence-electron chi connectivity index (χ4n) is 1.45. The second kappa shape index (κ2) is 4.73. The van der Waals surface area contributed by atoms with Crippen molar-refractivity contribution >= 4 is 0 Å². The van der Waals surface area contributed by atoms with Crippen LogP contribution in [0.3, 0.4) is 0 Å². The third kappa shape index (κ3) is 2.30. The van der Waals surface area contributed by atoms with E-state index in [0.717, 1.165) is 17.5 Å². The van der Waals surface area contributed by atoms with Crippen LogP contribution in [-0.4, -0.2) is 0 Å². The second-order valence-electron chi connectivity index (χ2n) is 3.17. The molecule has 0 saturated carbocycles. The smallest absolute Gasteiger partial charge is 0.123 e. The number of benzene rings is 1. The van der Waals surface area contributed by atoms with E-state index in [0.29, 0.717) is 0 Å². The molecule has 1 aromatic rings. The summed E-state index contributed by atoms with van der Waals surface area (Å²) in [4.78, 5) is 0. The minimum absolute atomic E-state index is 0.255. The summed E-state index contributed by atoms with van der Waals surface area (Å²) in [7, 11) is 0. The molecule has 3 heteroatoms. The molecule has 0 spiro atoms. The van der Waals surface area contributed by atoms with E-state index in [9.17, 15) is 4.39 Å². The van der Waals surface area contributed by atoms with Crippen molar-refractivity contribution in [3.63, 3.8) is 0 Å². The first-order chi connectivity index (χ1) is 6.69. The molecular weight excluding hydrogens is 179 g/mol. The van der Waals surface area contributed by atoms with Crippen molar-refractivity contribution in [1.29, 1.82) is 5.26 Å². The van der Waals surface area contributed by atoms with Crippen LogP contribution in [0.1, 0.15) is 30.5 Å². The normalized spacial score (nSPS) is 12.1. The summed E-state index contributed by atoms with van der Waals surface area (Å²) >= 11 is 0. The summed E-state index contributed by atoms with van der Waals surface area (Å²) in [5.74, 6) is -0.255. The first kappa shape index (κ1) is 10.7. The maximum atomic E-state index is 12.9. The summed E-state index contributed by atoms with van der Waals surface area (Å²) < 4.78 is 12.9. The number of hydrogen-bond donors (Lipinski definition) is 1. The quantitative estimate of drug-likeness (QED) is 0.798. The van der Waals surface area contributed by atoms with Crippen molar-refractivity contribution in [2.45, 2.75) is 25.8 Å². The van der Waals surface area contributed by atoms with Gasteiger partial charge < -0.3 is 5.73 Å². The summed E-state index contributed by atoms with van der Waals surface area (Å²) in [5, 5.41) is 8.51. The highest BCUT2D eigenvalue weighted by Crippen LogP contribution is 2.20. The molecule has 14 heavy (non-hydrogen) atoms. The van der Waals surface area contributed by atoms with Crippen molar-refractivity contribution in [1.82, 2.24) is 0 Å². The van der Waals surface area contributed by atoms with Crippen LogP contribution in [0.25, 0.3) is 0 Å². The Bertz CT molecular complexity index is 355. The van der Waals surface area contributed by atoms with E-state index < -0.39 is 0 Å². The third-order valence-corrected chi connectivity index (χ3v) is 2.20. The van der Waals surface area contributed by atoms with Crippen LogP contribution in [0.5, 0.6) is 0 Å². The first-order valence-corrected chi connectivity index (χ1v) is 4.60. The van der Waals surface area contributed by atoms with Crippen molar-refractivity contribution in [2.75, 3.05) is 0 Å². The number of hydrogen-bond acceptors (Lipinski definition) is 2. The van der Waals surface area contributed by atoms with E-state index >= 15 is 0 Å². The zero-order valence-corrected chi connectivity index (χ0v) is 8.13. The van der Waals surface area contributed by atoms with Crippen LogP contribution in [0.4, 0.5) is 4.39 Å². The third-order valence-electron chi connectivity index (χ3n) is 2.20. The van der Waals surface area contributed by atoms with Crippen LogP contribution in [0.15, 0.2) is 18.2 Å². The van der Waals surface area contributed by atoms with Gasteiger partial charge in [-0.1, -0.05) is 13.0 Å². The molecule has 0 amide bonds. The van der Waals surface area contributed by atoms with Crippen LogP contribution in [0, 0.1) is 17.1 Å². The van der Waals surface area contributed by atoms with E-state index in [1.54, 1.807) is 6.07 Å². The zero-order valence-electron chi connectivity index (χ0n) is 8.13. The minimum atomic E-state index is -0.310. The van der Waals surface area contributed by atoms with Gasteiger partial charge in [0.25, 0.3) is 0 Å². The van der Waals surface area contributed by atoms with Gasteiger partial charge in [0.05, 0.1) is 12.5 Å².